The second kappa shape index (κ2) is 9.22. The summed E-state index contributed by atoms with van der Waals surface area (Å²) >= 11 is 0. The van der Waals surface area contributed by atoms with Crippen LogP contribution in [0.15, 0.2) is 71.8 Å². The van der Waals surface area contributed by atoms with Crippen molar-refractivity contribution in [2.24, 2.45) is 0 Å². The van der Waals surface area contributed by atoms with Gasteiger partial charge in [-0.05, 0) is 49.4 Å². The van der Waals surface area contributed by atoms with Crippen LogP contribution >= 0.6 is 0 Å². The van der Waals surface area contributed by atoms with E-state index in [1.165, 1.54) is 48.7 Å². The maximum Gasteiger partial charge on any atom is 0.339 e. The number of nitrogens with zero attached hydrogens (tertiary/aromatic N) is 2. The van der Waals surface area contributed by atoms with E-state index < -0.39 is 20.9 Å². The Hall–Kier alpha value is -3.99. The van der Waals surface area contributed by atoms with Gasteiger partial charge in [0.2, 0.25) is 5.88 Å². The van der Waals surface area contributed by atoms with Crippen molar-refractivity contribution in [3.63, 3.8) is 0 Å². The van der Waals surface area contributed by atoms with Gasteiger partial charge in [-0.3, -0.25) is 14.9 Å². The van der Waals surface area contributed by atoms with E-state index in [9.17, 15) is 23.3 Å². The number of benzene rings is 2. The summed E-state index contributed by atoms with van der Waals surface area (Å²) in [6.07, 6.45) is 1.54. The third-order valence-electron chi connectivity index (χ3n) is 3.94. The number of anilines is 1. The van der Waals surface area contributed by atoms with Crippen LogP contribution in [0.4, 0.5) is 11.4 Å². The van der Waals surface area contributed by atoms with Crippen LogP contribution in [0.25, 0.3) is 0 Å². The number of aromatic nitrogens is 1. The van der Waals surface area contributed by atoms with Gasteiger partial charge in [0.1, 0.15) is 16.3 Å². The molecule has 0 saturated heterocycles. The summed E-state index contributed by atoms with van der Waals surface area (Å²) in [6.45, 7) is 2.17. The number of nitro benzene ring substituents is 1. The Morgan fingerprint density at radius 3 is 2.55 bits per heavy atom. The molecule has 0 aliphatic carbocycles. The van der Waals surface area contributed by atoms with E-state index in [-0.39, 0.29) is 27.8 Å². The molecule has 10 nitrogen and oxygen atoms in total. The molecule has 1 aromatic heterocycles. The minimum absolute atomic E-state index is 0.0561. The van der Waals surface area contributed by atoms with Crippen LogP contribution < -0.4 is 14.2 Å². The van der Waals surface area contributed by atoms with Crippen LogP contribution in [0, 0.1) is 10.1 Å². The van der Waals surface area contributed by atoms with E-state index in [2.05, 4.69) is 10.3 Å². The summed E-state index contributed by atoms with van der Waals surface area (Å²) < 4.78 is 35.2. The van der Waals surface area contributed by atoms with Crippen LogP contribution in [0.1, 0.15) is 17.3 Å². The zero-order chi connectivity index (χ0) is 22.4. The fourth-order valence-electron chi connectivity index (χ4n) is 2.52. The molecule has 0 unspecified atom stereocenters. The summed E-state index contributed by atoms with van der Waals surface area (Å²) in [6, 6.07) is 13.2. The number of carbonyl (C=O) groups excluding carboxylic acids is 1. The summed E-state index contributed by atoms with van der Waals surface area (Å²) in [7, 11) is -4.29. The average Bonchev–Trinajstić information content (AvgIpc) is 2.75. The molecule has 0 fully saturated rings. The molecule has 3 aromatic rings. The largest absolute Gasteiger partial charge is 0.476 e. The molecule has 1 amide bonds. The van der Waals surface area contributed by atoms with Crippen LogP contribution in [-0.4, -0.2) is 30.8 Å². The zero-order valence-electron chi connectivity index (χ0n) is 16.2. The maximum atomic E-state index is 12.5. The van der Waals surface area contributed by atoms with Crippen molar-refractivity contribution >= 4 is 27.4 Å². The molecular formula is C20H17N3O7S. The molecule has 160 valence electrons. The number of hydrogen-bond donors (Lipinski definition) is 1. The first-order valence-electron chi connectivity index (χ1n) is 8.98. The van der Waals surface area contributed by atoms with Crippen LogP contribution in [0.5, 0.6) is 11.6 Å². The van der Waals surface area contributed by atoms with Gasteiger partial charge in [-0.1, -0.05) is 6.07 Å². The topological polar surface area (TPSA) is 138 Å². The monoisotopic (exact) mass is 443 g/mol. The van der Waals surface area contributed by atoms with Gasteiger partial charge < -0.3 is 14.2 Å². The molecule has 0 aliphatic heterocycles. The molecule has 0 atom stereocenters. The van der Waals surface area contributed by atoms with Gasteiger partial charge in [0.05, 0.1) is 11.5 Å². The predicted molar refractivity (Wildman–Crippen MR) is 111 cm³/mol. The molecule has 11 heteroatoms. The highest BCUT2D eigenvalue weighted by atomic mass is 32.2. The summed E-state index contributed by atoms with van der Waals surface area (Å²) in [5, 5.41) is 13.5. The number of nitro groups is 1. The second-order valence-corrected chi connectivity index (χ2v) is 7.61. The summed E-state index contributed by atoms with van der Waals surface area (Å²) in [5.41, 5.74) is 0.257. The van der Waals surface area contributed by atoms with Crippen molar-refractivity contribution in [1.82, 2.24) is 4.98 Å². The lowest BCUT2D eigenvalue weighted by atomic mass is 10.2. The van der Waals surface area contributed by atoms with Gasteiger partial charge in [-0.15, -0.1) is 0 Å². The highest BCUT2D eigenvalue weighted by molar-refractivity contribution is 7.87. The van der Waals surface area contributed by atoms with Gasteiger partial charge in [0.15, 0.2) is 0 Å². The highest BCUT2D eigenvalue weighted by Gasteiger charge is 2.20. The van der Waals surface area contributed by atoms with E-state index in [1.54, 1.807) is 19.1 Å². The lowest BCUT2D eigenvalue weighted by Gasteiger charge is -2.10. The Balaban J connectivity index is 1.73. The molecular weight excluding hydrogens is 426 g/mol. The molecule has 1 N–H and O–H groups in total. The van der Waals surface area contributed by atoms with Crippen molar-refractivity contribution in [1.29, 1.82) is 0 Å². The van der Waals surface area contributed by atoms with Crippen molar-refractivity contribution in [2.45, 2.75) is 11.8 Å². The molecule has 3 rings (SSSR count). The first-order chi connectivity index (χ1) is 14.8. The Labute approximate surface area is 177 Å². The van der Waals surface area contributed by atoms with Crippen LogP contribution in [0.3, 0.4) is 0 Å². The van der Waals surface area contributed by atoms with Crippen molar-refractivity contribution in [3.05, 3.63) is 82.5 Å². The quantitative estimate of drug-likeness (QED) is 0.318. The van der Waals surface area contributed by atoms with Crippen molar-refractivity contribution < 1.29 is 27.1 Å². The summed E-state index contributed by atoms with van der Waals surface area (Å²) in [4.78, 5) is 26.3. The van der Waals surface area contributed by atoms with E-state index >= 15 is 0 Å². The number of carbonyl (C=O) groups is 1. The number of hydrogen-bond acceptors (Lipinski definition) is 8. The fraction of sp³-hybridized carbons (Fsp3) is 0.100. The Kier molecular flexibility index (Phi) is 6.46. The Morgan fingerprint density at radius 2 is 1.87 bits per heavy atom. The van der Waals surface area contributed by atoms with E-state index in [1.807, 2.05) is 0 Å². The maximum absolute atomic E-state index is 12.5. The Morgan fingerprint density at radius 1 is 1.13 bits per heavy atom. The zero-order valence-corrected chi connectivity index (χ0v) is 17.0. The van der Waals surface area contributed by atoms with Crippen LogP contribution in [0.2, 0.25) is 0 Å². The number of amides is 1. The van der Waals surface area contributed by atoms with E-state index in [0.717, 1.165) is 6.07 Å². The van der Waals surface area contributed by atoms with Gasteiger partial charge in [0, 0.05) is 23.9 Å². The predicted octanol–water partition coefficient (Wildman–Crippen LogP) is 3.41. The van der Waals surface area contributed by atoms with Gasteiger partial charge in [-0.25, -0.2) is 4.98 Å². The SMILES string of the molecule is CCOc1ncccc1NC(=O)c1ccc(OS(=O)(=O)c2cccc([N+](=O)[O-])c2)cc1. The lowest BCUT2D eigenvalue weighted by molar-refractivity contribution is -0.385. The third kappa shape index (κ3) is 5.34. The standard InChI is InChI=1S/C20H17N3O7S/c1-2-29-20-18(7-4-12-21-20)22-19(24)14-8-10-16(11-9-14)30-31(27,28)17-6-3-5-15(13-17)23(25)26/h3-13H,2H2,1H3,(H,22,24). The number of pyridine rings is 1. The molecule has 0 spiro atoms. The number of non-ortho nitro benzene ring substituents is 1. The number of ether oxygens (including phenoxy) is 1. The summed E-state index contributed by atoms with van der Waals surface area (Å²) in [5.74, 6) is -0.233. The van der Waals surface area contributed by atoms with Gasteiger partial charge in [-0.2, -0.15) is 8.42 Å². The minimum atomic E-state index is -4.29. The second-order valence-electron chi connectivity index (χ2n) is 6.06. The normalized spacial score (nSPS) is 10.9. The van der Waals surface area contributed by atoms with Gasteiger partial charge >= 0.3 is 10.1 Å². The number of nitrogens with one attached hydrogen (secondary N) is 1. The molecule has 1 heterocycles. The average molecular weight is 443 g/mol. The third-order valence-corrected chi connectivity index (χ3v) is 5.18. The molecule has 31 heavy (non-hydrogen) atoms. The van der Waals surface area contributed by atoms with Gasteiger partial charge in [0.25, 0.3) is 11.6 Å². The number of rotatable bonds is 8. The minimum Gasteiger partial charge on any atom is -0.476 e. The first-order valence-corrected chi connectivity index (χ1v) is 10.4. The molecule has 0 bridgehead atoms. The highest BCUT2D eigenvalue weighted by Crippen LogP contribution is 2.24. The first kappa shape index (κ1) is 21.7. The van der Waals surface area contributed by atoms with Crippen LogP contribution in [-0.2, 0) is 10.1 Å². The van der Waals surface area contributed by atoms with Crippen molar-refractivity contribution in [3.8, 4) is 11.6 Å². The van der Waals surface area contributed by atoms with Crippen molar-refractivity contribution in [2.75, 3.05) is 11.9 Å². The smallest absolute Gasteiger partial charge is 0.339 e. The molecule has 0 aliphatic rings. The lowest BCUT2D eigenvalue weighted by Crippen LogP contribution is -2.14. The Bertz CT molecular complexity index is 1210. The molecule has 2 aromatic carbocycles. The molecule has 0 saturated carbocycles. The van der Waals surface area contributed by atoms with E-state index in [0.29, 0.717) is 12.3 Å². The van der Waals surface area contributed by atoms with E-state index in [4.69, 9.17) is 8.92 Å². The fourth-order valence-corrected chi connectivity index (χ4v) is 3.49. The molecule has 0 radical (unpaired) electrons.